The number of carbonyl (C=O) groups excluding carboxylic acids is 2. The Morgan fingerprint density at radius 2 is 1.44 bits per heavy atom. The van der Waals surface area contributed by atoms with E-state index in [1.807, 2.05) is 0 Å². The number of esters is 2. The Balaban J connectivity index is 0.000000291. The van der Waals surface area contributed by atoms with Crippen molar-refractivity contribution in [2.24, 2.45) is 0 Å². The number of cyclic esters (lactones) is 2. The van der Waals surface area contributed by atoms with Crippen LogP contribution in [0.4, 0.5) is 0 Å². The molecule has 50 valence electrons. The quantitative estimate of drug-likeness (QED) is 0.203. The maximum Gasteiger partial charge on any atom is 0.338 e. The average molecular weight is 132 g/mol. The topological polar surface area (TPSA) is 83.8 Å². The predicted octanol–water partition coefficient (Wildman–Crippen LogP) is -0.357. The summed E-state index contributed by atoms with van der Waals surface area (Å²) in [5.41, 5.74) is 0. The van der Waals surface area contributed by atoms with Crippen molar-refractivity contribution in [2.45, 2.75) is 0 Å². The summed E-state index contributed by atoms with van der Waals surface area (Å²) in [4.78, 5) is 19.8. The van der Waals surface area contributed by atoms with Gasteiger partial charge in [-0.05, 0) is 0 Å². The molecule has 2 N–H and O–H groups in total. The van der Waals surface area contributed by atoms with Crippen LogP contribution < -0.4 is 0 Å². The third-order valence-corrected chi connectivity index (χ3v) is 0.557. The van der Waals surface area contributed by atoms with Crippen LogP contribution in [0, 0.1) is 0 Å². The van der Waals surface area contributed by atoms with Crippen molar-refractivity contribution < 1.29 is 24.8 Å². The second-order valence-corrected chi connectivity index (χ2v) is 1.07. The van der Waals surface area contributed by atoms with Gasteiger partial charge in [0.1, 0.15) is 0 Å². The van der Waals surface area contributed by atoms with Crippen molar-refractivity contribution in [3.63, 3.8) is 0 Å². The summed E-state index contributed by atoms with van der Waals surface area (Å²) in [6.45, 7) is 0. The number of hydrogen-bond acceptors (Lipinski definition) is 5. The number of ether oxygens (including phenoxy) is 1. The zero-order valence-electron chi connectivity index (χ0n) is 4.27. The first-order valence-corrected chi connectivity index (χ1v) is 1.93. The highest BCUT2D eigenvalue weighted by Crippen LogP contribution is 1.92. The third kappa shape index (κ3) is 2.58. The lowest BCUT2D eigenvalue weighted by Gasteiger charge is -1.80. The first-order valence-electron chi connectivity index (χ1n) is 1.93. The fourth-order valence-corrected chi connectivity index (χ4v) is 0.303. The Kier molecular flexibility index (Phi) is 3.26. The van der Waals surface area contributed by atoms with Gasteiger partial charge in [-0.2, -0.15) is 0 Å². The van der Waals surface area contributed by atoms with Gasteiger partial charge in [0.15, 0.2) is 0 Å². The van der Waals surface area contributed by atoms with Gasteiger partial charge in [-0.15, -0.1) is 0 Å². The van der Waals surface area contributed by atoms with Gasteiger partial charge in [0, 0.05) is 12.2 Å². The summed E-state index contributed by atoms with van der Waals surface area (Å²) >= 11 is 0. The van der Waals surface area contributed by atoms with Crippen molar-refractivity contribution in [1.29, 1.82) is 0 Å². The smallest absolute Gasteiger partial charge is 0.338 e. The molecule has 0 spiro atoms. The van der Waals surface area contributed by atoms with Crippen molar-refractivity contribution in [1.82, 2.24) is 0 Å². The molecule has 1 heterocycles. The highest BCUT2D eigenvalue weighted by atomic mass is 17.0. The zero-order chi connectivity index (χ0) is 7.28. The van der Waals surface area contributed by atoms with E-state index in [0.29, 0.717) is 0 Å². The molecule has 0 aromatic rings. The standard InChI is InChI=1S/C4H2O3.H2O2/c5-3-1-2-4(6)7-3;1-2/h1-2H;1-2H. The minimum atomic E-state index is -0.579. The Morgan fingerprint density at radius 1 is 1.11 bits per heavy atom. The predicted molar refractivity (Wildman–Crippen MR) is 25.5 cm³/mol. The lowest BCUT2D eigenvalue weighted by molar-refractivity contribution is -0.176. The maximum absolute atomic E-state index is 9.92. The molecule has 0 atom stereocenters. The third-order valence-electron chi connectivity index (χ3n) is 0.557. The summed E-state index contributed by atoms with van der Waals surface area (Å²) < 4.78 is 3.97. The van der Waals surface area contributed by atoms with E-state index in [2.05, 4.69) is 4.74 Å². The van der Waals surface area contributed by atoms with Crippen molar-refractivity contribution in [3.05, 3.63) is 12.2 Å². The van der Waals surface area contributed by atoms with Gasteiger partial charge in [0.2, 0.25) is 0 Å². The minimum absolute atomic E-state index is 0.579. The Morgan fingerprint density at radius 3 is 1.56 bits per heavy atom. The molecule has 1 aliphatic rings. The fraction of sp³-hybridized carbons (Fsp3) is 0. The molecule has 0 unspecified atom stereocenters. The van der Waals surface area contributed by atoms with Gasteiger partial charge >= 0.3 is 11.9 Å². The van der Waals surface area contributed by atoms with Gasteiger partial charge in [-0.3, -0.25) is 10.5 Å². The van der Waals surface area contributed by atoms with Crippen LogP contribution in [-0.4, -0.2) is 22.5 Å². The lowest BCUT2D eigenvalue weighted by atomic mass is 10.6. The molecular formula is C4H4O5. The van der Waals surface area contributed by atoms with E-state index in [1.165, 1.54) is 0 Å². The first kappa shape index (κ1) is 7.80. The summed E-state index contributed by atoms with van der Waals surface area (Å²) in [6.07, 6.45) is 2.17. The zero-order valence-corrected chi connectivity index (χ0v) is 4.27. The van der Waals surface area contributed by atoms with E-state index in [9.17, 15) is 9.59 Å². The van der Waals surface area contributed by atoms with E-state index < -0.39 is 11.9 Å². The molecule has 5 heteroatoms. The van der Waals surface area contributed by atoms with Gasteiger partial charge in [0.05, 0.1) is 0 Å². The van der Waals surface area contributed by atoms with Gasteiger partial charge in [-0.1, -0.05) is 0 Å². The van der Waals surface area contributed by atoms with E-state index >= 15 is 0 Å². The Bertz CT molecular complexity index is 131. The summed E-state index contributed by atoms with van der Waals surface area (Å²) in [5.74, 6) is -1.16. The van der Waals surface area contributed by atoms with Crippen LogP contribution >= 0.6 is 0 Å². The van der Waals surface area contributed by atoms with Crippen LogP contribution in [0.1, 0.15) is 0 Å². The van der Waals surface area contributed by atoms with Crippen molar-refractivity contribution in [3.8, 4) is 0 Å². The summed E-state index contributed by atoms with van der Waals surface area (Å²) in [5, 5.41) is 12.0. The average Bonchev–Trinajstić information content (AvgIpc) is 2.20. The molecule has 1 aliphatic heterocycles. The molecule has 0 bridgehead atoms. The SMILES string of the molecule is O=C1C=CC(=O)O1.OO. The van der Waals surface area contributed by atoms with Crippen LogP contribution in [0.5, 0.6) is 0 Å². The molecule has 0 aromatic heterocycles. The second-order valence-electron chi connectivity index (χ2n) is 1.07. The van der Waals surface area contributed by atoms with E-state index in [4.69, 9.17) is 10.5 Å². The highest BCUT2D eigenvalue weighted by molar-refractivity contribution is 6.04. The molecule has 0 amide bonds. The molecular weight excluding hydrogens is 128 g/mol. The van der Waals surface area contributed by atoms with Crippen LogP contribution in [0.15, 0.2) is 12.2 Å². The maximum atomic E-state index is 9.92. The van der Waals surface area contributed by atoms with Crippen LogP contribution in [-0.2, 0) is 14.3 Å². The van der Waals surface area contributed by atoms with Crippen LogP contribution in [0.3, 0.4) is 0 Å². The van der Waals surface area contributed by atoms with Crippen molar-refractivity contribution in [2.75, 3.05) is 0 Å². The van der Waals surface area contributed by atoms with E-state index in [1.54, 1.807) is 0 Å². The highest BCUT2D eigenvalue weighted by Gasteiger charge is 2.10. The number of rotatable bonds is 0. The number of hydrogen-bond donors (Lipinski definition) is 2. The Labute approximate surface area is 50.1 Å². The summed E-state index contributed by atoms with van der Waals surface area (Å²) in [7, 11) is 0. The number of carbonyl (C=O) groups is 2. The fourth-order valence-electron chi connectivity index (χ4n) is 0.303. The molecule has 9 heavy (non-hydrogen) atoms. The van der Waals surface area contributed by atoms with Crippen LogP contribution in [0.25, 0.3) is 0 Å². The largest absolute Gasteiger partial charge is 0.387 e. The van der Waals surface area contributed by atoms with Gasteiger partial charge in [-0.25, -0.2) is 9.59 Å². The lowest BCUT2D eigenvalue weighted by Crippen LogP contribution is -1.96. The molecule has 0 fully saturated rings. The molecule has 0 saturated heterocycles. The Hall–Kier alpha value is -1.20. The molecule has 1 rings (SSSR count). The van der Waals surface area contributed by atoms with Gasteiger partial charge in [0.25, 0.3) is 0 Å². The molecule has 5 nitrogen and oxygen atoms in total. The monoisotopic (exact) mass is 132 g/mol. The molecule has 0 saturated carbocycles. The van der Waals surface area contributed by atoms with E-state index in [0.717, 1.165) is 12.2 Å². The van der Waals surface area contributed by atoms with Crippen molar-refractivity contribution >= 4 is 11.9 Å². The first-order chi connectivity index (χ1) is 4.29. The molecule has 0 aliphatic carbocycles. The molecule has 0 aromatic carbocycles. The normalized spacial score (nSPS) is 14.4. The van der Waals surface area contributed by atoms with E-state index in [-0.39, 0.29) is 0 Å². The second kappa shape index (κ2) is 3.76. The van der Waals surface area contributed by atoms with Crippen LogP contribution in [0.2, 0.25) is 0 Å². The minimum Gasteiger partial charge on any atom is -0.387 e. The van der Waals surface area contributed by atoms with Gasteiger partial charge < -0.3 is 4.74 Å². The summed E-state index contributed by atoms with van der Waals surface area (Å²) in [6, 6.07) is 0. The molecule has 0 radical (unpaired) electrons.